The number of carbonyl (C=O) groups is 1. The smallest absolute Gasteiger partial charge is 0.255 e. The molecule has 0 aliphatic heterocycles. The van der Waals surface area contributed by atoms with Gasteiger partial charge in [-0.05, 0) is 55.8 Å². The van der Waals surface area contributed by atoms with Gasteiger partial charge in [-0.2, -0.15) is 5.26 Å². The highest BCUT2D eigenvalue weighted by molar-refractivity contribution is 7.89. The first kappa shape index (κ1) is 18.6. The largest absolute Gasteiger partial charge is 0.322 e. The molecule has 0 unspecified atom stereocenters. The average molecular weight is 357 g/mol. The van der Waals surface area contributed by atoms with Crippen LogP contribution in [0.25, 0.3) is 0 Å². The van der Waals surface area contributed by atoms with E-state index in [1.807, 2.05) is 0 Å². The minimum absolute atomic E-state index is 0.110. The topological polar surface area (TPSA) is 99.1 Å². The number of nitriles is 1. The van der Waals surface area contributed by atoms with Gasteiger partial charge in [0.05, 0.1) is 17.4 Å². The van der Waals surface area contributed by atoms with Gasteiger partial charge in [0.1, 0.15) is 0 Å². The quantitative estimate of drug-likeness (QED) is 0.830. The van der Waals surface area contributed by atoms with E-state index in [9.17, 15) is 13.2 Å². The third-order valence-corrected chi connectivity index (χ3v) is 4.99. The average Bonchev–Trinajstić information content (AvgIpc) is 2.56. The molecule has 130 valence electrons. The van der Waals surface area contributed by atoms with Crippen LogP contribution in [0.5, 0.6) is 0 Å². The number of sulfonamides is 1. The Bertz CT molecular complexity index is 881. The lowest BCUT2D eigenvalue weighted by molar-refractivity contribution is 0.102. The lowest BCUT2D eigenvalue weighted by Gasteiger charge is -2.10. The van der Waals surface area contributed by atoms with Gasteiger partial charge >= 0.3 is 0 Å². The highest BCUT2D eigenvalue weighted by Gasteiger charge is 2.16. The maximum atomic E-state index is 12.2. The summed E-state index contributed by atoms with van der Waals surface area (Å²) >= 11 is 0. The molecule has 0 saturated heterocycles. The number of amides is 1. The molecule has 2 N–H and O–H groups in total. The molecule has 0 fully saturated rings. The SMILES string of the molecule is CC(C)NS(=O)(=O)c1ccc(C(=O)Nc2ccc(CC#N)cc2)cc1. The van der Waals surface area contributed by atoms with Gasteiger partial charge in [-0.1, -0.05) is 12.1 Å². The van der Waals surface area contributed by atoms with E-state index in [0.717, 1.165) is 5.56 Å². The van der Waals surface area contributed by atoms with Crippen LogP contribution in [-0.4, -0.2) is 20.4 Å². The molecule has 6 nitrogen and oxygen atoms in total. The third-order valence-electron chi connectivity index (χ3n) is 3.31. The van der Waals surface area contributed by atoms with Crippen molar-refractivity contribution in [2.24, 2.45) is 0 Å². The predicted octanol–water partition coefficient (Wildman–Crippen LogP) is 2.69. The molecule has 0 bridgehead atoms. The summed E-state index contributed by atoms with van der Waals surface area (Å²) in [4.78, 5) is 12.3. The van der Waals surface area contributed by atoms with Crippen molar-refractivity contribution in [3.8, 4) is 6.07 Å². The fourth-order valence-electron chi connectivity index (χ4n) is 2.16. The Balaban J connectivity index is 2.09. The van der Waals surface area contributed by atoms with Crippen LogP contribution in [0.2, 0.25) is 0 Å². The summed E-state index contributed by atoms with van der Waals surface area (Å²) in [6.07, 6.45) is 0.314. The number of carbonyl (C=O) groups excluding carboxylic acids is 1. The number of nitrogens with one attached hydrogen (secondary N) is 2. The second kappa shape index (κ2) is 7.92. The number of rotatable bonds is 6. The summed E-state index contributed by atoms with van der Waals surface area (Å²) in [5, 5.41) is 11.4. The van der Waals surface area contributed by atoms with Crippen molar-refractivity contribution in [1.29, 1.82) is 5.26 Å². The monoisotopic (exact) mass is 357 g/mol. The Kier molecular flexibility index (Phi) is 5.91. The van der Waals surface area contributed by atoms with Crippen molar-refractivity contribution in [3.63, 3.8) is 0 Å². The van der Waals surface area contributed by atoms with E-state index >= 15 is 0 Å². The van der Waals surface area contributed by atoms with Crippen LogP contribution < -0.4 is 10.0 Å². The molecule has 2 aromatic rings. The second-order valence-corrected chi connectivity index (χ2v) is 7.50. The van der Waals surface area contributed by atoms with Gasteiger partial charge in [0.2, 0.25) is 10.0 Å². The number of hydrogen-bond donors (Lipinski definition) is 2. The van der Waals surface area contributed by atoms with Gasteiger partial charge in [0.15, 0.2) is 0 Å². The van der Waals surface area contributed by atoms with Crippen LogP contribution in [0.15, 0.2) is 53.4 Å². The molecule has 1 amide bonds. The first-order valence-electron chi connectivity index (χ1n) is 7.71. The van der Waals surface area contributed by atoms with Crippen molar-refractivity contribution in [2.75, 3.05) is 5.32 Å². The number of anilines is 1. The van der Waals surface area contributed by atoms with E-state index < -0.39 is 10.0 Å². The zero-order valence-electron chi connectivity index (χ0n) is 14.0. The summed E-state index contributed by atoms with van der Waals surface area (Å²) in [7, 11) is -3.58. The van der Waals surface area contributed by atoms with Gasteiger partial charge in [-0.3, -0.25) is 4.79 Å². The summed E-state index contributed by atoms with van der Waals surface area (Å²) < 4.78 is 26.6. The maximum absolute atomic E-state index is 12.2. The molecule has 0 aromatic heterocycles. The van der Waals surface area contributed by atoms with Gasteiger partial charge < -0.3 is 5.32 Å². The fourth-order valence-corrected chi connectivity index (χ4v) is 3.42. The Morgan fingerprint density at radius 3 is 2.20 bits per heavy atom. The zero-order chi connectivity index (χ0) is 18.4. The highest BCUT2D eigenvalue weighted by Crippen LogP contribution is 2.14. The molecular formula is C18H19N3O3S. The third kappa shape index (κ3) is 5.14. The van der Waals surface area contributed by atoms with Crippen LogP contribution >= 0.6 is 0 Å². The van der Waals surface area contributed by atoms with Crippen LogP contribution in [0.1, 0.15) is 29.8 Å². The van der Waals surface area contributed by atoms with Crippen LogP contribution in [0.4, 0.5) is 5.69 Å². The van der Waals surface area contributed by atoms with Crippen molar-refractivity contribution < 1.29 is 13.2 Å². The summed E-state index contributed by atoms with van der Waals surface area (Å²) in [6.45, 7) is 3.47. The summed E-state index contributed by atoms with van der Waals surface area (Å²) in [5.41, 5.74) is 1.82. The molecule has 0 aliphatic rings. The molecule has 2 aromatic carbocycles. The number of nitrogens with zero attached hydrogens (tertiary/aromatic N) is 1. The lowest BCUT2D eigenvalue weighted by atomic mass is 10.1. The van der Waals surface area contributed by atoms with E-state index in [4.69, 9.17) is 5.26 Å². The maximum Gasteiger partial charge on any atom is 0.255 e. The first-order chi connectivity index (χ1) is 11.8. The zero-order valence-corrected chi connectivity index (χ0v) is 14.8. The Morgan fingerprint density at radius 1 is 1.08 bits per heavy atom. The van der Waals surface area contributed by atoms with Crippen molar-refractivity contribution in [3.05, 3.63) is 59.7 Å². The summed E-state index contributed by atoms with van der Waals surface area (Å²) in [5.74, 6) is -0.339. The molecule has 2 rings (SSSR count). The molecule has 0 atom stereocenters. The van der Waals surface area contributed by atoms with Crippen molar-refractivity contribution in [1.82, 2.24) is 4.72 Å². The molecule has 0 radical (unpaired) electrons. The molecule has 0 heterocycles. The standard InChI is InChI=1S/C18H19N3O3S/c1-13(2)21-25(23,24)17-9-5-15(6-10-17)18(22)20-16-7-3-14(4-8-16)11-12-19/h3-10,13,21H,11H2,1-2H3,(H,20,22). The number of benzene rings is 2. The highest BCUT2D eigenvalue weighted by atomic mass is 32.2. The minimum atomic E-state index is -3.58. The van der Waals surface area contributed by atoms with Crippen LogP contribution in [0, 0.1) is 11.3 Å². The molecule has 0 spiro atoms. The van der Waals surface area contributed by atoms with E-state index in [-0.39, 0.29) is 16.8 Å². The first-order valence-corrected chi connectivity index (χ1v) is 9.20. The van der Waals surface area contributed by atoms with Gasteiger partial charge in [0, 0.05) is 17.3 Å². The van der Waals surface area contributed by atoms with E-state index in [1.54, 1.807) is 38.1 Å². The Hall–Kier alpha value is -2.69. The van der Waals surface area contributed by atoms with E-state index in [0.29, 0.717) is 17.7 Å². The molecule has 0 saturated carbocycles. The Morgan fingerprint density at radius 2 is 1.68 bits per heavy atom. The van der Waals surface area contributed by atoms with Gasteiger partial charge in [0.25, 0.3) is 5.91 Å². The van der Waals surface area contributed by atoms with Gasteiger partial charge in [-0.25, -0.2) is 13.1 Å². The number of hydrogen-bond acceptors (Lipinski definition) is 4. The van der Waals surface area contributed by atoms with E-state index in [1.165, 1.54) is 24.3 Å². The molecule has 0 aliphatic carbocycles. The Labute approximate surface area is 147 Å². The van der Waals surface area contributed by atoms with E-state index in [2.05, 4.69) is 16.1 Å². The normalized spacial score (nSPS) is 11.1. The van der Waals surface area contributed by atoms with Crippen LogP contribution in [0.3, 0.4) is 0 Å². The second-order valence-electron chi connectivity index (χ2n) is 5.79. The van der Waals surface area contributed by atoms with Crippen LogP contribution in [-0.2, 0) is 16.4 Å². The fraction of sp³-hybridized carbons (Fsp3) is 0.222. The molecule has 25 heavy (non-hydrogen) atoms. The molecule has 7 heteroatoms. The molecular weight excluding hydrogens is 338 g/mol. The minimum Gasteiger partial charge on any atom is -0.322 e. The van der Waals surface area contributed by atoms with Crippen molar-refractivity contribution >= 4 is 21.6 Å². The van der Waals surface area contributed by atoms with Crippen molar-refractivity contribution in [2.45, 2.75) is 31.2 Å². The lowest BCUT2D eigenvalue weighted by Crippen LogP contribution is -2.30. The predicted molar refractivity (Wildman–Crippen MR) is 95.6 cm³/mol. The summed E-state index contributed by atoms with van der Waals surface area (Å²) in [6, 6.07) is 14.6. The van der Waals surface area contributed by atoms with Gasteiger partial charge in [-0.15, -0.1) is 0 Å².